The zero-order chi connectivity index (χ0) is 11.7. The van der Waals surface area contributed by atoms with Gasteiger partial charge in [0.25, 0.3) is 0 Å². The molecule has 0 aliphatic carbocycles. The van der Waals surface area contributed by atoms with Crippen molar-refractivity contribution >= 4 is 0 Å². The molecule has 3 rings (SSSR count). The standard InChI is InChI=1S/C13H9FN2O/c14-11-8-10(13-2-1-7-17-13)3-4-12(11)16-6-5-15-9-16/h1-9H. The van der Waals surface area contributed by atoms with Crippen molar-refractivity contribution < 1.29 is 8.81 Å². The van der Waals surface area contributed by atoms with Crippen molar-refractivity contribution in [1.82, 2.24) is 9.55 Å². The van der Waals surface area contributed by atoms with Gasteiger partial charge in [-0.25, -0.2) is 9.37 Å². The van der Waals surface area contributed by atoms with Crippen LogP contribution in [0.15, 0.2) is 59.7 Å². The lowest BCUT2D eigenvalue weighted by Gasteiger charge is -2.05. The smallest absolute Gasteiger partial charge is 0.147 e. The summed E-state index contributed by atoms with van der Waals surface area (Å²) in [6.07, 6.45) is 6.44. The Balaban J connectivity index is 2.06. The van der Waals surface area contributed by atoms with Crippen LogP contribution in [0.2, 0.25) is 0 Å². The van der Waals surface area contributed by atoms with Gasteiger partial charge < -0.3 is 8.98 Å². The molecule has 1 aromatic carbocycles. The maximum atomic E-state index is 13.9. The van der Waals surface area contributed by atoms with Crippen LogP contribution in [-0.4, -0.2) is 9.55 Å². The van der Waals surface area contributed by atoms with Crippen molar-refractivity contribution in [3.8, 4) is 17.0 Å². The second kappa shape index (κ2) is 3.90. The normalized spacial score (nSPS) is 10.6. The summed E-state index contributed by atoms with van der Waals surface area (Å²) in [5.41, 5.74) is 1.19. The van der Waals surface area contributed by atoms with Gasteiger partial charge in [-0.1, -0.05) is 0 Å². The number of rotatable bonds is 2. The fourth-order valence-corrected chi connectivity index (χ4v) is 1.71. The highest BCUT2D eigenvalue weighted by Crippen LogP contribution is 2.23. The van der Waals surface area contributed by atoms with E-state index in [9.17, 15) is 4.39 Å². The highest BCUT2D eigenvalue weighted by Gasteiger charge is 2.07. The van der Waals surface area contributed by atoms with E-state index in [0.29, 0.717) is 11.4 Å². The third-order valence-corrected chi connectivity index (χ3v) is 2.54. The second-order valence-corrected chi connectivity index (χ2v) is 3.61. The predicted octanol–water partition coefficient (Wildman–Crippen LogP) is 3.27. The number of benzene rings is 1. The molecule has 2 aromatic heterocycles. The molecule has 0 atom stereocenters. The van der Waals surface area contributed by atoms with E-state index >= 15 is 0 Å². The molecule has 0 radical (unpaired) electrons. The van der Waals surface area contributed by atoms with Gasteiger partial charge in [-0.3, -0.25) is 0 Å². The summed E-state index contributed by atoms with van der Waals surface area (Å²) in [6, 6.07) is 8.54. The molecule has 0 fully saturated rings. The Morgan fingerprint density at radius 2 is 2.18 bits per heavy atom. The number of nitrogens with zero attached hydrogens (tertiary/aromatic N) is 2. The van der Waals surface area contributed by atoms with E-state index in [1.54, 1.807) is 47.8 Å². The van der Waals surface area contributed by atoms with Gasteiger partial charge in [-0.05, 0) is 30.3 Å². The van der Waals surface area contributed by atoms with Crippen LogP contribution in [0.5, 0.6) is 0 Å². The minimum absolute atomic E-state index is 0.308. The van der Waals surface area contributed by atoms with Gasteiger partial charge in [-0.15, -0.1) is 0 Å². The number of hydrogen-bond acceptors (Lipinski definition) is 2. The van der Waals surface area contributed by atoms with Gasteiger partial charge >= 0.3 is 0 Å². The van der Waals surface area contributed by atoms with Crippen LogP contribution in [-0.2, 0) is 0 Å². The SMILES string of the molecule is Fc1cc(-c2ccco2)ccc1-n1ccnc1. The molecule has 0 aliphatic heterocycles. The van der Waals surface area contributed by atoms with Gasteiger partial charge in [-0.2, -0.15) is 0 Å². The molecule has 2 heterocycles. The van der Waals surface area contributed by atoms with Crippen molar-refractivity contribution in [2.24, 2.45) is 0 Å². The zero-order valence-corrected chi connectivity index (χ0v) is 8.88. The first-order valence-electron chi connectivity index (χ1n) is 5.16. The maximum absolute atomic E-state index is 13.9. The molecule has 3 aromatic rings. The van der Waals surface area contributed by atoms with E-state index in [0.717, 1.165) is 5.56 Å². The van der Waals surface area contributed by atoms with E-state index in [1.807, 2.05) is 6.07 Å². The predicted molar refractivity (Wildman–Crippen MR) is 61.2 cm³/mol. The first-order valence-corrected chi connectivity index (χ1v) is 5.16. The molecule has 0 saturated heterocycles. The van der Waals surface area contributed by atoms with Gasteiger partial charge in [0.15, 0.2) is 0 Å². The van der Waals surface area contributed by atoms with Crippen LogP contribution in [0.4, 0.5) is 4.39 Å². The maximum Gasteiger partial charge on any atom is 0.147 e. The van der Waals surface area contributed by atoms with Crippen molar-refractivity contribution in [2.75, 3.05) is 0 Å². The third-order valence-electron chi connectivity index (χ3n) is 2.54. The molecule has 4 heteroatoms. The van der Waals surface area contributed by atoms with E-state index in [1.165, 1.54) is 6.07 Å². The van der Waals surface area contributed by atoms with E-state index in [2.05, 4.69) is 4.98 Å². The minimum Gasteiger partial charge on any atom is -0.464 e. The molecular weight excluding hydrogens is 219 g/mol. The Morgan fingerprint density at radius 1 is 1.24 bits per heavy atom. The molecule has 0 aliphatic rings. The average Bonchev–Trinajstić information content (AvgIpc) is 3.02. The molecule has 0 unspecified atom stereocenters. The Labute approximate surface area is 97.1 Å². The summed E-state index contributed by atoms with van der Waals surface area (Å²) < 4.78 is 20.8. The van der Waals surface area contributed by atoms with Crippen LogP contribution in [0.1, 0.15) is 0 Å². The summed E-state index contributed by atoms with van der Waals surface area (Å²) >= 11 is 0. The zero-order valence-electron chi connectivity index (χ0n) is 8.88. The Bertz CT molecular complexity index is 615. The number of furan rings is 1. The fraction of sp³-hybridized carbons (Fsp3) is 0. The second-order valence-electron chi connectivity index (χ2n) is 3.61. The van der Waals surface area contributed by atoms with Crippen molar-refractivity contribution in [1.29, 1.82) is 0 Å². The summed E-state index contributed by atoms with van der Waals surface area (Å²) in [6.45, 7) is 0. The number of aromatic nitrogens is 2. The quantitative estimate of drug-likeness (QED) is 0.674. The molecule has 0 N–H and O–H groups in total. The Morgan fingerprint density at radius 3 is 2.82 bits per heavy atom. The van der Waals surface area contributed by atoms with Crippen LogP contribution < -0.4 is 0 Å². The van der Waals surface area contributed by atoms with E-state index < -0.39 is 0 Å². The van der Waals surface area contributed by atoms with E-state index in [-0.39, 0.29) is 5.82 Å². The molecule has 3 nitrogen and oxygen atoms in total. The lowest BCUT2D eigenvalue weighted by atomic mass is 10.1. The van der Waals surface area contributed by atoms with Crippen molar-refractivity contribution in [3.05, 3.63) is 61.1 Å². The first kappa shape index (κ1) is 9.84. The molecule has 0 saturated carbocycles. The lowest BCUT2D eigenvalue weighted by molar-refractivity contribution is 0.579. The summed E-state index contributed by atoms with van der Waals surface area (Å²) in [7, 11) is 0. The van der Waals surface area contributed by atoms with Crippen LogP contribution in [0.25, 0.3) is 17.0 Å². The average molecular weight is 228 g/mol. The fourth-order valence-electron chi connectivity index (χ4n) is 1.71. The van der Waals surface area contributed by atoms with Crippen LogP contribution in [0, 0.1) is 5.82 Å². The highest BCUT2D eigenvalue weighted by atomic mass is 19.1. The van der Waals surface area contributed by atoms with Crippen LogP contribution in [0.3, 0.4) is 0 Å². The first-order chi connectivity index (χ1) is 8.34. The monoisotopic (exact) mass is 228 g/mol. The molecule has 0 spiro atoms. The largest absolute Gasteiger partial charge is 0.464 e. The number of halogens is 1. The molecule has 0 bridgehead atoms. The molecule has 84 valence electrons. The summed E-state index contributed by atoms with van der Waals surface area (Å²) in [4.78, 5) is 3.89. The number of hydrogen-bond donors (Lipinski definition) is 0. The van der Waals surface area contributed by atoms with Gasteiger partial charge in [0.1, 0.15) is 11.6 Å². The molecule has 17 heavy (non-hydrogen) atoms. The van der Waals surface area contributed by atoms with E-state index in [4.69, 9.17) is 4.42 Å². The van der Waals surface area contributed by atoms with Gasteiger partial charge in [0.2, 0.25) is 0 Å². The van der Waals surface area contributed by atoms with Crippen molar-refractivity contribution in [3.63, 3.8) is 0 Å². The summed E-state index contributed by atoms with van der Waals surface area (Å²) in [5.74, 6) is 0.345. The molecule has 0 amide bonds. The Kier molecular flexibility index (Phi) is 2.26. The van der Waals surface area contributed by atoms with Crippen molar-refractivity contribution in [2.45, 2.75) is 0 Å². The number of imidazole rings is 1. The topological polar surface area (TPSA) is 31.0 Å². The Hall–Kier alpha value is -2.36. The highest BCUT2D eigenvalue weighted by molar-refractivity contribution is 5.59. The van der Waals surface area contributed by atoms with Crippen LogP contribution >= 0.6 is 0 Å². The molecular formula is C13H9FN2O. The minimum atomic E-state index is -0.308. The van der Waals surface area contributed by atoms with Gasteiger partial charge in [0, 0.05) is 18.0 Å². The lowest BCUT2D eigenvalue weighted by Crippen LogP contribution is -1.94. The summed E-state index contributed by atoms with van der Waals surface area (Å²) in [5, 5.41) is 0. The van der Waals surface area contributed by atoms with Gasteiger partial charge in [0.05, 0.1) is 18.3 Å². The third kappa shape index (κ3) is 1.73.